The number of carboxylic acid groups (broad SMARTS) is 1. The molecule has 23 heavy (non-hydrogen) atoms. The van der Waals surface area contributed by atoms with Gasteiger partial charge in [-0.1, -0.05) is 37.3 Å². The number of rotatable bonds is 7. The van der Waals surface area contributed by atoms with Crippen molar-refractivity contribution in [2.75, 3.05) is 6.61 Å². The van der Waals surface area contributed by atoms with Gasteiger partial charge in [0, 0.05) is 11.6 Å². The van der Waals surface area contributed by atoms with Crippen molar-refractivity contribution in [1.82, 2.24) is 0 Å². The first kappa shape index (κ1) is 16.6. The number of benzene rings is 2. The minimum absolute atomic E-state index is 0.207. The number of carbonyl (C=O) groups is 1. The fourth-order valence-corrected chi connectivity index (χ4v) is 2.15. The summed E-state index contributed by atoms with van der Waals surface area (Å²) in [4.78, 5) is 11.4. The molecule has 4 nitrogen and oxygen atoms in total. The highest BCUT2D eigenvalue weighted by Gasteiger charge is 2.14. The van der Waals surface area contributed by atoms with Crippen LogP contribution in [0, 0.1) is 0 Å². The van der Waals surface area contributed by atoms with Crippen molar-refractivity contribution in [3.63, 3.8) is 0 Å². The highest BCUT2D eigenvalue weighted by atomic mass is 16.5. The predicted molar refractivity (Wildman–Crippen MR) is 90.0 cm³/mol. The highest BCUT2D eigenvalue weighted by molar-refractivity contribution is 6.16. The molecule has 0 unspecified atom stereocenters. The maximum atomic E-state index is 11.4. The Labute approximate surface area is 136 Å². The molecule has 0 saturated heterocycles. The van der Waals surface area contributed by atoms with E-state index in [1.165, 1.54) is 0 Å². The number of para-hydroxylation sites is 1. The average Bonchev–Trinajstić information content (AvgIpc) is 2.55. The lowest BCUT2D eigenvalue weighted by molar-refractivity contribution is -0.130. The molecule has 0 amide bonds. The molecule has 0 heterocycles. The average molecular weight is 312 g/mol. The lowest BCUT2D eigenvalue weighted by atomic mass is 10.0. The maximum absolute atomic E-state index is 11.4. The van der Waals surface area contributed by atoms with Crippen LogP contribution in [0.3, 0.4) is 0 Å². The molecule has 120 valence electrons. The zero-order valence-electron chi connectivity index (χ0n) is 13.3. The van der Waals surface area contributed by atoms with Crippen LogP contribution in [-0.4, -0.2) is 17.7 Å². The van der Waals surface area contributed by atoms with Gasteiger partial charge in [-0.15, -0.1) is 0 Å². The lowest BCUT2D eigenvalue weighted by Gasteiger charge is -2.12. The monoisotopic (exact) mass is 312 g/mol. The second-order valence-electron chi connectivity index (χ2n) is 4.93. The van der Waals surface area contributed by atoms with Gasteiger partial charge in [-0.25, -0.2) is 4.79 Å². The molecule has 0 aliphatic carbocycles. The summed E-state index contributed by atoms with van der Waals surface area (Å²) in [5, 5.41) is 9.31. The van der Waals surface area contributed by atoms with Gasteiger partial charge in [0.25, 0.3) is 0 Å². The van der Waals surface area contributed by atoms with Gasteiger partial charge in [0.1, 0.15) is 17.2 Å². The Balaban J connectivity index is 2.29. The van der Waals surface area contributed by atoms with Crippen LogP contribution < -0.4 is 9.47 Å². The van der Waals surface area contributed by atoms with Gasteiger partial charge in [0.15, 0.2) is 0 Å². The molecule has 4 heteroatoms. The third-order valence-corrected chi connectivity index (χ3v) is 3.20. The van der Waals surface area contributed by atoms with Crippen molar-refractivity contribution in [2.45, 2.75) is 20.3 Å². The molecule has 1 N–H and O–H groups in total. The van der Waals surface area contributed by atoms with Crippen LogP contribution in [0.4, 0.5) is 0 Å². The smallest absolute Gasteiger partial charge is 0.336 e. The maximum Gasteiger partial charge on any atom is 0.336 e. The zero-order chi connectivity index (χ0) is 16.7. The predicted octanol–water partition coefficient (Wildman–Crippen LogP) is 4.76. The van der Waals surface area contributed by atoms with E-state index in [1.54, 1.807) is 37.3 Å². The molecule has 0 fully saturated rings. The van der Waals surface area contributed by atoms with Crippen molar-refractivity contribution >= 4 is 11.5 Å². The van der Waals surface area contributed by atoms with Crippen molar-refractivity contribution in [1.29, 1.82) is 0 Å². The largest absolute Gasteiger partial charge is 0.493 e. The molecule has 0 saturated carbocycles. The minimum atomic E-state index is -0.983. The summed E-state index contributed by atoms with van der Waals surface area (Å²) in [7, 11) is 0. The summed E-state index contributed by atoms with van der Waals surface area (Å²) < 4.78 is 11.5. The van der Waals surface area contributed by atoms with Gasteiger partial charge in [0.05, 0.1) is 12.2 Å². The molecular weight excluding hydrogens is 292 g/mol. The van der Waals surface area contributed by atoms with Crippen LogP contribution in [0.25, 0.3) is 5.57 Å². The molecular formula is C19H20O4. The van der Waals surface area contributed by atoms with Crippen LogP contribution in [-0.2, 0) is 4.79 Å². The van der Waals surface area contributed by atoms with E-state index in [4.69, 9.17) is 9.47 Å². The lowest BCUT2D eigenvalue weighted by Crippen LogP contribution is -2.01. The van der Waals surface area contributed by atoms with Crippen LogP contribution >= 0.6 is 0 Å². The van der Waals surface area contributed by atoms with Crippen molar-refractivity contribution in [2.24, 2.45) is 0 Å². The first-order valence-corrected chi connectivity index (χ1v) is 7.55. The molecule has 0 spiro atoms. The van der Waals surface area contributed by atoms with Crippen LogP contribution in [0.5, 0.6) is 17.2 Å². The summed E-state index contributed by atoms with van der Waals surface area (Å²) in [6, 6.07) is 14.4. The van der Waals surface area contributed by atoms with E-state index in [1.807, 2.05) is 31.2 Å². The molecule has 0 atom stereocenters. The number of allylic oxidation sites excluding steroid dienone is 1. The van der Waals surface area contributed by atoms with E-state index in [0.29, 0.717) is 23.7 Å². The van der Waals surface area contributed by atoms with E-state index < -0.39 is 5.97 Å². The van der Waals surface area contributed by atoms with E-state index in [0.717, 1.165) is 12.2 Å². The summed E-state index contributed by atoms with van der Waals surface area (Å²) in [6.45, 7) is 4.38. The standard InChI is InChI=1S/C19H20O4/c1-3-12-22-14-8-7-9-15(13-14)23-18-11-6-5-10-17(18)16(4-2)19(20)21/h4-11,13H,3,12H2,1-2H3,(H,20,21). The van der Waals surface area contributed by atoms with Crippen LogP contribution in [0.2, 0.25) is 0 Å². The second kappa shape index (κ2) is 8.03. The summed E-state index contributed by atoms with van der Waals surface area (Å²) in [6.07, 6.45) is 2.49. The summed E-state index contributed by atoms with van der Waals surface area (Å²) in [5.74, 6) is 0.845. The fourth-order valence-electron chi connectivity index (χ4n) is 2.15. The van der Waals surface area contributed by atoms with E-state index in [2.05, 4.69) is 0 Å². The van der Waals surface area contributed by atoms with Crippen molar-refractivity contribution in [3.8, 4) is 17.2 Å². The number of carboxylic acids is 1. The Morgan fingerprint density at radius 3 is 2.57 bits per heavy atom. The molecule has 2 aromatic rings. The Morgan fingerprint density at radius 1 is 1.13 bits per heavy atom. The molecule has 0 aromatic heterocycles. The Hall–Kier alpha value is -2.75. The molecule has 0 radical (unpaired) electrons. The number of ether oxygens (including phenoxy) is 2. The Morgan fingerprint density at radius 2 is 1.87 bits per heavy atom. The molecule has 0 aliphatic heterocycles. The first-order chi connectivity index (χ1) is 11.2. The van der Waals surface area contributed by atoms with Gasteiger partial charge < -0.3 is 14.6 Å². The topological polar surface area (TPSA) is 55.8 Å². The van der Waals surface area contributed by atoms with Crippen molar-refractivity contribution in [3.05, 3.63) is 60.2 Å². The normalized spacial score (nSPS) is 11.1. The van der Waals surface area contributed by atoms with E-state index >= 15 is 0 Å². The van der Waals surface area contributed by atoms with Crippen LogP contribution in [0.1, 0.15) is 25.8 Å². The molecule has 2 aromatic carbocycles. The quantitative estimate of drug-likeness (QED) is 0.749. The Bertz CT molecular complexity index is 704. The highest BCUT2D eigenvalue weighted by Crippen LogP contribution is 2.31. The second-order valence-corrected chi connectivity index (χ2v) is 4.93. The van der Waals surface area contributed by atoms with Gasteiger partial charge in [-0.2, -0.15) is 0 Å². The van der Waals surface area contributed by atoms with Gasteiger partial charge in [0.2, 0.25) is 0 Å². The van der Waals surface area contributed by atoms with E-state index in [9.17, 15) is 9.90 Å². The summed E-state index contributed by atoms with van der Waals surface area (Å²) >= 11 is 0. The van der Waals surface area contributed by atoms with Crippen molar-refractivity contribution < 1.29 is 19.4 Å². The minimum Gasteiger partial charge on any atom is -0.493 e. The van der Waals surface area contributed by atoms with Gasteiger partial charge >= 0.3 is 5.97 Å². The molecule has 2 rings (SSSR count). The summed E-state index contributed by atoms with van der Waals surface area (Å²) in [5.41, 5.74) is 0.751. The number of hydrogen-bond donors (Lipinski definition) is 1. The SMILES string of the molecule is CC=C(C(=O)O)c1ccccc1Oc1cccc(OCCC)c1. The third-order valence-electron chi connectivity index (χ3n) is 3.20. The number of hydrogen-bond acceptors (Lipinski definition) is 3. The Kier molecular flexibility index (Phi) is 5.80. The van der Waals surface area contributed by atoms with E-state index in [-0.39, 0.29) is 5.57 Å². The number of aliphatic carboxylic acids is 1. The fraction of sp³-hybridized carbons (Fsp3) is 0.211. The first-order valence-electron chi connectivity index (χ1n) is 7.55. The molecule has 0 aliphatic rings. The van der Waals surface area contributed by atoms with Gasteiger partial charge in [-0.05, 0) is 31.5 Å². The van der Waals surface area contributed by atoms with Gasteiger partial charge in [-0.3, -0.25) is 0 Å². The van der Waals surface area contributed by atoms with Crippen LogP contribution in [0.15, 0.2) is 54.6 Å². The molecule has 0 bridgehead atoms. The third kappa shape index (κ3) is 4.36. The zero-order valence-corrected chi connectivity index (χ0v) is 13.3.